The molecule has 1 aromatic rings. The van der Waals surface area contributed by atoms with Crippen LogP contribution in [-0.4, -0.2) is 25.5 Å². The maximum absolute atomic E-state index is 12.1. The predicted molar refractivity (Wildman–Crippen MR) is 74.4 cm³/mol. The van der Waals surface area contributed by atoms with Crippen molar-refractivity contribution in [2.75, 3.05) is 5.75 Å². The lowest BCUT2D eigenvalue weighted by Crippen LogP contribution is -2.50. The van der Waals surface area contributed by atoms with E-state index in [2.05, 4.69) is 24.4 Å². The van der Waals surface area contributed by atoms with E-state index in [-0.39, 0.29) is 23.1 Å². The van der Waals surface area contributed by atoms with Gasteiger partial charge in [0.25, 0.3) is 0 Å². The largest absolute Gasteiger partial charge is 0.305 e. The molecule has 0 aromatic heterocycles. The Morgan fingerprint density at radius 2 is 1.83 bits per heavy atom. The quantitative estimate of drug-likeness (QED) is 0.892. The van der Waals surface area contributed by atoms with Crippen LogP contribution in [-0.2, 0) is 16.3 Å². The van der Waals surface area contributed by atoms with Gasteiger partial charge < -0.3 is 5.32 Å². The Hall–Kier alpha value is -0.870. The van der Waals surface area contributed by atoms with Gasteiger partial charge in [0, 0.05) is 12.1 Å². The molecule has 3 nitrogen and oxygen atoms in total. The van der Waals surface area contributed by atoms with E-state index in [4.69, 9.17) is 0 Å². The number of sulfone groups is 1. The Morgan fingerprint density at radius 3 is 2.39 bits per heavy atom. The second-order valence-corrected chi connectivity index (χ2v) is 7.58. The van der Waals surface area contributed by atoms with Crippen LogP contribution in [0.25, 0.3) is 0 Å². The summed E-state index contributed by atoms with van der Waals surface area (Å²) in [5.41, 5.74) is 2.34. The van der Waals surface area contributed by atoms with Gasteiger partial charge in [-0.1, -0.05) is 31.2 Å². The fourth-order valence-corrected chi connectivity index (χ4v) is 4.27. The summed E-state index contributed by atoms with van der Waals surface area (Å²) in [6.07, 6.45) is 1.00. The Morgan fingerprint density at radius 1 is 1.22 bits per heavy atom. The minimum Gasteiger partial charge on any atom is -0.305 e. The van der Waals surface area contributed by atoms with E-state index in [1.165, 1.54) is 5.56 Å². The van der Waals surface area contributed by atoms with Gasteiger partial charge in [-0.3, -0.25) is 0 Å². The minimum atomic E-state index is -2.99. The fraction of sp³-hybridized carbons (Fsp3) is 0.571. The van der Waals surface area contributed by atoms with Crippen molar-refractivity contribution >= 4 is 9.84 Å². The van der Waals surface area contributed by atoms with Crippen LogP contribution in [0.2, 0.25) is 0 Å². The molecule has 100 valence electrons. The lowest BCUT2D eigenvalue weighted by Gasteiger charge is -2.34. The Labute approximate surface area is 110 Å². The molecule has 1 heterocycles. The zero-order chi connectivity index (χ0) is 13.3. The average molecular weight is 267 g/mol. The van der Waals surface area contributed by atoms with Gasteiger partial charge in [-0.15, -0.1) is 0 Å². The van der Waals surface area contributed by atoms with Crippen molar-refractivity contribution in [3.8, 4) is 0 Å². The molecule has 4 heteroatoms. The van der Waals surface area contributed by atoms with Crippen LogP contribution >= 0.6 is 0 Å². The lowest BCUT2D eigenvalue weighted by atomic mass is 10.0. The smallest absolute Gasteiger partial charge is 0.156 e. The molecule has 3 atom stereocenters. The van der Waals surface area contributed by atoms with Crippen molar-refractivity contribution in [1.82, 2.24) is 5.32 Å². The van der Waals surface area contributed by atoms with Crippen LogP contribution in [0.4, 0.5) is 0 Å². The number of rotatable bonds is 2. The average Bonchev–Trinajstić information content (AvgIpc) is 2.33. The van der Waals surface area contributed by atoms with Gasteiger partial charge in [0.05, 0.1) is 11.0 Å². The Bertz CT molecular complexity index is 507. The SMILES string of the molecule is CCc1ccc(C2NC(C)CS(=O)(=O)C2C)cc1. The van der Waals surface area contributed by atoms with Crippen LogP contribution in [0, 0.1) is 0 Å². The first-order valence-corrected chi connectivity index (χ1v) is 8.22. The molecular formula is C14H21NO2S. The normalized spacial score (nSPS) is 31.2. The maximum atomic E-state index is 12.1. The number of hydrogen-bond acceptors (Lipinski definition) is 3. The standard InChI is InChI=1S/C14H21NO2S/c1-4-12-5-7-13(8-6-12)14-11(3)18(16,17)9-10(2)15-14/h5-8,10-11,14-15H,4,9H2,1-3H3. The summed E-state index contributed by atoms with van der Waals surface area (Å²) in [7, 11) is -2.99. The minimum absolute atomic E-state index is 0.0158. The molecule has 0 radical (unpaired) electrons. The van der Waals surface area contributed by atoms with E-state index in [1.807, 2.05) is 19.1 Å². The Balaban J connectivity index is 2.30. The van der Waals surface area contributed by atoms with E-state index < -0.39 is 9.84 Å². The van der Waals surface area contributed by atoms with Gasteiger partial charge in [0.1, 0.15) is 0 Å². The molecule has 0 amide bonds. The molecule has 0 spiro atoms. The van der Waals surface area contributed by atoms with Crippen molar-refractivity contribution in [3.63, 3.8) is 0 Å². The van der Waals surface area contributed by atoms with E-state index in [0.29, 0.717) is 0 Å². The summed E-state index contributed by atoms with van der Waals surface area (Å²) < 4.78 is 24.1. The van der Waals surface area contributed by atoms with Crippen molar-refractivity contribution in [2.45, 2.75) is 44.5 Å². The fourth-order valence-electron chi connectivity index (χ4n) is 2.53. The highest BCUT2D eigenvalue weighted by Gasteiger charge is 2.37. The van der Waals surface area contributed by atoms with Crippen LogP contribution < -0.4 is 5.32 Å². The molecule has 2 rings (SSSR count). The van der Waals surface area contributed by atoms with Gasteiger partial charge in [0.2, 0.25) is 0 Å². The van der Waals surface area contributed by atoms with Gasteiger partial charge in [-0.2, -0.15) is 0 Å². The van der Waals surface area contributed by atoms with Gasteiger partial charge in [-0.25, -0.2) is 8.42 Å². The second kappa shape index (κ2) is 5.02. The topological polar surface area (TPSA) is 46.2 Å². The van der Waals surface area contributed by atoms with Crippen molar-refractivity contribution in [3.05, 3.63) is 35.4 Å². The summed E-state index contributed by atoms with van der Waals surface area (Å²) in [6, 6.07) is 8.17. The van der Waals surface area contributed by atoms with Crippen molar-refractivity contribution in [2.24, 2.45) is 0 Å². The summed E-state index contributed by atoms with van der Waals surface area (Å²) >= 11 is 0. The highest BCUT2D eigenvalue weighted by molar-refractivity contribution is 7.92. The highest BCUT2D eigenvalue weighted by Crippen LogP contribution is 2.27. The van der Waals surface area contributed by atoms with Crippen LogP contribution in [0.3, 0.4) is 0 Å². The maximum Gasteiger partial charge on any atom is 0.156 e. The molecule has 0 saturated carbocycles. The molecule has 1 N–H and O–H groups in total. The van der Waals surface area contributed by atoms with E-state index >= 15 is 0 Å². The van der Waals surface area contributed by atoms with E-state index in [0.717, 1.165) is 12.0 Å². The summed E-state index contributed by atoms with van der Waals surface area (Å²) in [6.45, 7) is 5.84. The molecule has 3 unspecified atom stereocenters. The van der Waals surface area contributed by atoms with Crippen LogP contribution in [0.5, 0.6) is 0 Å². The lowest BCUT2D eigenvalue weighted by molar-refractivity contribution is 0.427. The summed E-state index contributed by atoms with van der Waals surface area (Å²) in [5.74, 6) is 0.234. The van der Waals surface area contributed by atoms with Crippen LogP contribution in [0.1, 0.15) is 37.9 Å². The zero-order valence-electron chi connectivity index (χ0n) is 11.2. The molecule has 1 aliphatic heterocycles. The van der Waals surface area contributed by atoms with Crippen molar-refractivity contribution in [1.29, 1.82) is 0 Å². The number of nitrogens with one attached hydrogen (secondary N) is 1. The molecule has 1 saturated heterocycles. The molecule has 1 aromatic carbocycles. The summed E-state index contributed by atoms with van der Waals surface area (Å²) in [4.78, 5) is 0. The second-order valence-electron chi connectivity index (χ2n) is 5.18. The number of hydrogen-bond donors (Lipinski definition) is 1. The zero-order valence-corrected chi connectivity index (χ0v) is 12.0. The third-order valence-electron chi connectivity index (χ3n) is 3.73. The summed E-state index contributed by atoms with van der Waals surface area (Å²) in [5, 5.41) is 3.04. The monoisotopic (exact) mass is 267 g/mol. The first-order chi connectivity index (χ1) is 8.44. The first kappa shape index (κ1) is 13.6. The number of benzene rings is 1. The molecule has 1 aliphatic rings. The van der Waals surface area contributed by atoms with Crippen LogP contribution in [0.15, 0.2) is 24.3 Å². The molecule has 18 heavy (non-hydrogen) atoms. The predicted octanol–water partition coefficient (Wildman–Crippen LogP) is 2.09. The number of aryl methyl sites for hydroxylation is 1. The molecule has 0 bridgehead atoms. The third kappa shape index (κ3) is 2.59. The van der Waals surface area contributed by atoms with Crippen molar-refractivity contribution < 1.29 is 8.42 Å². The first-order valence-electron chi connectivity index (χ1n) is 6.50. The van der Waals surface area contributed by atoms with E-state index in [9.17, 15) is 8.42 Å². The molecular weight excluding hydrogens is 246 g/mol. The third-order valence-corrected chi connectivity index (χ3v) is 6.10. The highest BCUT2D eigenvalue weighted by atomic mass is 32.2. The molecule has 1 fully saturated rings. The molecule has 0 aliphatic carbocycles. The van der Waals surface area contributed by atoms with E-state index in [1.54, 1.807) is 6.92 Å². The van der Waals surface area contributed by atoms with Gasteiger partial charge in [-0.05, 0) is 31.4 Å². The van der Waals surface area contributed by atoms with Gasteiger partial charge >= 0.3 is 0 Å². The van der Waals surface area contributed by atoms with Gasteiger partial charge in [0.15, 0.2) is 9.84 Å². The Kier molecular flexibility index (Phi) is 3.78.